The molecule has 4 rings (SSSR count). The van der Waals surface area contributed by atoms with E-state index in [4.69, 9.17) is 11.0 Å². The zero-order valence-corrected chi connectivity index (χ0v) is 18.3. The lowest BCUT2D eigenvalue weighted by Crippen LogP contribution is -2.33. The standard InChI is InChI=1S/C24H23N7O2/c1-15(23(32)27-2)3-7-20(26)19-14-29-30-10-9-17(11-21(19)30)24(33)31(18-5-6-18)22-8-4-16(12-25)13-28-22/h3-4,7-11,13-14,18H,5-6,26H2,1-2H3,(H,27,32)/b15-3+,20-7-. The van der Waals surface area contributed by atoms with Crippen LogP contribution in [0, 0.1) is 11.3 Å². The quantitative estimate of drug-likeness (QED) is 0.446. The Kier molecular flexibility index (Phi) is 5.91. The van der Waals surface area contributed by atoms with E-state index in [9.17, 15) is 9.59 Å². The van der Waals surface area contributed by atoms with E-state index in [1.54, 1.807) is 72.2 Å². The van der Waals surface area contributed by atoms with Crippen LogP contribution in [0.15, 0.2) is 60.6 Å². The number of amides is 2. The number of nitriles is 1. The van der Waals surface area contributed by atoms with E-state index in [-0.39, 0.29) is 17.9 Å². The molecule has 33 heavy (non-hydrogen) atoms. The van der Waals surface area contributed by atoms with Crippen LogP contribution in [0.4, 0.5) is 5.82 Å². The van der Waals surface area contributed by atoms with E-state index >= 15 is 0 Å². The van der Waals surface area contributed by atoms with Crippen molar-refractivity contribution in [2.75, 3.05) is 11.9 Å². The number of carbonyl (C=O) groups excluding carboxylic acids is 2. The Morgan fingerprint density at radius 2 is 2.06 bits per heavy atom. The van der Waals surface area contributed by atoms with E-state index < -0.39 is 0 Å². The number of allylic oxidation sites excluding steroid dienone is 2. The molecule has 3 N–H and O–H groups in total. The average Bonchev–Trinajstić information content (AvgIpc) is 3.59. The molecule has 9 heteroatoms. The summed E-state index contributed by atoms with van der Waals surface area (Å²) in [5, 5.41) is 15.9. The summed E-state index contributed by atoms with van der Waals surface area (Å²) in [5.74, 6) is 0.148. The molecule has 2 amide bonds. The van der Waals surface area contributed by atoms with Gasteiger partial charge in [0.25, 0.3) is 5.91 Å². The summed E-state index contributed by atoms with van der Waals surface area (Å²) in [6.45, 7) is 1.69. The second kappa shape index (κ2) is 8.96. The summed E-state index contributed by atoms with van der Waals surface area (Å²) in [6.07, 6.45) is 9.89. The average molecular weight is 441 g/mol. The first-order valence-electron chi connectivity index (χ1n) is 10.5. The lowest BCUT2D eigenvalue weighted by molar-refractivity contribution is -0.116. The number of nitrogens with one attached hydrogen (secondary N) is 1. The first-order valence-corrected chi connectivity index (χ1v) is 10.5. The minimum absolute atomic E-state index is 0.0846. The van der Waals surface area contributed by atoms with E-state index in [0.717, 1.165) is 12.8 Å². The van der Waals surface area contributed by atoms with Gasteiger partial charge in [-0.05, 0) is 50.1 Å². The SMILES string of the molecule is CNC(=O)/C(C)=C/C=C(\N)c1cnn2ccc(C(=O)N(c3ccc(C#N)cn3)C3CC3)cc12. The lowest BCUT2D eigenvalue weighted by Gasteiger charge is -2.21. The zero-order chi connectivity index (χ0) is 23.5. The van der Waals surface area contributed by atoms with Crippen molar-refractivity contribution in [3.63, 3.8) is 0 Å². The number of hydrogen-bond donors (Lipinski definition) is 2. The molecule has 9 nitrogen and oxygen atoms in total. The summed E-state index contributed by atoms with van der Waals surface area (Å²) in [4.78, 5) is 31.1. The lowest BCUT2D eigenvalue weighted by atomic mass is 10.1. The third-order valence-corrected chi connectivity index (χ3v) is 5.43. The zero-order valence-electron chi connectivity index (χ0n) is 18.3. The molecule has 1 saturated carbocycles. The third kappa shape index (κ3) is 4.45. The summed E-state index contributed by atoms with van der Waals surface area (Å²) in [7, 11) is 1.56. The molecule has 0 atom stereocenters. The van der Waals surface area contributed by atoms with E-state index in [2.05, 4.69) is 15.4 Å². The molecule has 1 fully saturated rings. The molecule has 0 spiro atoms. The van der Waals surface area contributed by atoms with Crippen LogP contribution >= 0.6 is 0 Å². The molecule has 1 aliphatic rings. The van der Waals surface area contributed by atoms with E-state index in [0.29, 0.717) is 39.3 Å². The number of anilines is 1. The molecular weight excluding hydrogens is 418 g/mol. The van der Waals surface area contributed by atoms with Crippen LogP contribution < -0.4 is 16.0 Å². The topological polar surface area (TPSA) is 129 Å². The van der Waals surface area contributed by atoms with Crippen LogP contribution in [-0.4, -0.2) is 39.5 Å². The van der Waals surface area contributed by atoms with E-state index in [1.165, 1.54) is 6.20 Å². The normalized spacial score (nSPS) is 14.1. The van der Waals surface area contributed by atoms with Gasteiger partial charge in [-0.1, -0.05) is 6.08 Å². The maximum absolute atomic E-state index is 13.4. The van der Waals surface area contributed by atoms with Gasteiger partial charge >= 0.3 is 0 Å². The molecule has 0 aliphatic heterocycles. The molecule has 0 bridgehead atoms. The van der Waals surface area contributed by atoms with Gasteiger partial charge in [-0.15, -0.1) is 0 Å². The molecule has 166 valence electrons. The van der Waals surface area contributed by atoms with Gasteiger partial charge in [-0.25, -0.2) is 9.50 Å². The highest BCUT2D eigenvalue weighted by Gasteiger charge is 2.35. The number of fused-ring (bicyclic) bond motifs is 1. The Morgan fingerprint density at radius 3 is 2.70 bits per heavy atom. The molecular formula is C24H23N7O2. The van der Waals surface area contributed by atoms with Gasteiger partial charge in [0.15, 0.2) is 0 Å². The van der Waals surface area contributed by atoms with E-state index in [1.807, 2.05) is 6.07 Å². The van der Waals surface area contributed by atoms with Gasteiger partial charge in [0.2, 0.25) is 5.91 Å². The van der Waals surface area contributed by atoms with Crippen molar-refractivity contribution in [3.8, 4) is 6.07 Å². The minimum atomic E-state index is -0.191. The highest BCUT2D eigenvalue weighted by Crippen LogP contribution is 2.32. The van der Waals surface area contributed by atoms with Crippen molar-refractivity contribution >= 4 is 28.8 Å². The fourth-order valence-electron chi connectivity index (χ4n) is 3.44. The Hall–Kier alpha value is -4.45. The summed E-state index contributed by atoms with van der Waals surface area (Å²) < 4.78 is 1.64. The summed E-state index contributed by atoms with van der Waals surface area (Å²) in [5.41, 5.74) is 9.44. The predicted octanol–water partition coefficient (Wildman–Crippen LogP) is 2.40. The molecule has 0 saturated heterocycles. The number of nitrogens with two attached hydrogens (primary N) is 1. The highest BCUT2D eigenvalue weighted by molar-refractivity contribution is 6.07. The molecule has 0 unspecified atom stereocenters. The number of carbonyl (C=O) groups is 2. The smallest absolute Gasteiger partial charge is 0.259 e. The van der Waals surface area contributed by atoms with Crippen molar-refractivity contribution in [1.82, 2.24) is 19.9 Å². The third-order valence-electron chi connectivity index (χ3n) is 5.43. The summed E-state index contributed by atoms with van der Waals surface area (Å²) >= 11 is 0. The number of rotatable bonds is 6. The van der Waals surface area contributed by atoms with Crippen molar-refractivity contribution in [2.45, 2.75) is 25.8 Å². The van der Waals surface area contributed by atoms with Gasteiger partial charge in [0.05, 0.1) is 17.3 Å². The Bertz CT molecular complexity index is 1330. The second-order valence-corrected chi connectivity index (χ2v) is 7.78. The van der Waals surface area contributed by atoms with Gasteiger partial charge in [-0.3, -0.25) is 14.5 Å². The van der Waals surface area contributed by atoms with Crippen LogP contribution in [0.3, 0.4) is 0 Å². The molecule has 3 aromatic rings. The first kappa shape index (κ1) is 21.8. The predicted molar refractivity (Wildman–Crippen MR) is 124 cm³/mol. The highest BCUT2D eigenvalue weighted by atomic mass is 16.2. The van der Waals surface area contributed by atoms with Gasteiger partial charge < -0.3 is 11.1 Å². The molecule has 0 radical (unpaired) electrons. The maximum atomic E-state index is 13.4. The largest absolute Gasteiger partial charge is 0.398 e. The Morgan fingerprint density at radius 1 is 1.27 bits per heavy atom. The molecule has 3 aromatic heterocycles. The van der Waals surface area contributed by atoms with Crippen LogP contribution in [0.1, 0.15) is 41.3 Å². The Labute approximate surface area is 190 Å². The van der Waals surface area contributed by atoms with Gasteiger partial charge in [0, 0.05) is 47.9 Å². The number of pyridine rings is 2. The van der Waals surface area contributed by atoms with Crippen LogP contribution in [-0.2, 0) is 4.79 Å². The number of hydrogen-bond acceptors (Lipinski definition) is 6. The van der Waals surface area contributed by atoms with Gasteiger partial charge in [-0.2, -0.15) is 10.4 Å². The van der Waals surface area contributed by atoms with Crippen molar-refractivity contribution in [3.05, 3.63) is 77.3 Å². The Balaban J connectivity index is 1.68. The summed E-state index contributed by atoms with van der Waals surface area (Å²) in [6, 6.07) is 8.93. The van der Waals surface area contributed by atoms with Crippen LogP contribution in [0.5, 0.6) is 0 Å². The number of nitrogens with zero attached hydrogens (tertiary/aromatic N) is 5. The number of aromatic nitrogens is 3. The minimum Gasteiger partial charge on any atom is -0.398 e. The molecule has 3 heterocycles. The monoisotopic (exact) mass is 441 g/mol. The number of likely N-dealkylation sites (N-methyl/N-ethyl adjacent to an activating group) is 1. The van der Waals surface area contributed by atoms with Crippen molar-refractivity contribution < 1.29 is 9.59 Å². The second-order valence-electron chi connectivity index (χ2n) is 7.78. The van der Waals surface area contributed by atoms with Crippen LogP contribution in [0.25, 0.3) is 11.2 Å². The fraction of sp³-hybridized carbons (Fsp3) is 0.208. The molecule has 1 aliphatic carbocycles. The van der Waals surface area contributed by atoms with Crippen molar-refractivity contribution in [2.24, 2.45) is 5.73 Å². The van der Waals surface area contributed by atoms with Gasteiger partial charge in [0.1, 0.15) is 11.9 Å². The fourth-order valence-corrected chi connectivity index (χ4v) is 3.44. The van der Waals surface area contributed by atoms with Crippen LogP contribution in [0.2, 0.25) is 0 Å². The van der Waals surface area contributed by atoms with Crippen molar-refractivity contribution in [1.29, 1.82) is 5.26 Å². The maximum Gasteiger partial charge on any atom is 0.259 e. The first-order chi connectivity index (χ1) is 15.9. The molecule has 0 aromatic carbocycles.